The van der Waals surface area contributed by atoms with Crippen molar-refractivity contribution >= 4 is 5.78 Å². The molecule has 0 amide bonds. The molecule has 0 heterocycles. The SMILES string of the molecule is CCNC1CCc2ccc(C(C)C)cc2C1=O. The Kier molecular flexibility index (Phi) is 3.63. The molecule has 92 valence electrons. The number of nitrogens with one attached hydrogen (secondary N) is 1. The van der Waals surface area contributed by atoms with Crippen molar-refractivity contribution in [2.24, 2.45) is 0 Å². The summed E-state index contributed by atoms with van der Waals surface area (Å²) in [5, 5.41) is 3.27. The maximum atomic E-state index is 12.3. The molecule has 0 spiro atoms. The molecule has 0 fully saturated rings. The minimum absolute atomic E-state index is 0.0231. The third-order valence-electron chi connectivity index (χ3n) is 3.54. The Morgan fingerprint density at radius 3 is 2.82 bits per heavy atom. The van der Waals surface area contributed by atoms with Crippen LogP contribution >= 0.6 is 0 Å². The van der Waals surface area contributed by atoms with E-state index in [-0.39, 0.29) is 11.8 Å². The van der Waals surface area contributed by atoms with Crippen LogP contribution < -0.4 is 5.32 Å². The summed E-state index contributed by atoms with van der Waals surface area (Å²) in [5.74, 6) is 0.753. The minimum atomic E-state index is 0.0231. The number of benzene rings is 1. The van der Waals surface area contributed by atoms with Crippen LogP contribution in [0.3, 0.4) is 0 Å². The number of rotatable bonds is 3. The Morgan fingerprint density at radius 1 is 1.41 bits per heavy atom. The number of hydrogen-bond acceptors (Lipinski definition) is 2. The predicted molar refractivity (Wildman–Crippen MR) is 70.6 cm³/mol. The van der Waals surface area contributed by atoms with Gasteiger partial charge < -0.3 is 5.32 Å². The van der Waals surface area contributed by atoms with Gasteiger partial charge in [0.2, 0.25) is 0 Å². The molecule has 0 saturated heterocycles. The molecule has 1 unspecified atom stereocenters. The number of aryl methyl sites for hydroxylation is 1. The van der Waals surface area contributed by atoms with E-state index < -0.39 is 0 Å². The lowest BCUT2D eigenvalue weighted by Crippen LogP contribution is -2.40. The monoisotopic (exact) mass is 231 g/mol. The lowest BCUT2D eigenvalue weighted by molar-refractivity contribution is 0.0929. The van der Waals surface area contributed by atoms with Crippen LogP contribution in [0.2, 0.25) is 0 Å². The molecule has 2 rings (SSSR count). The molecule has 0 aromatic heterocycles. The van der Waals surface area contributed by atoms with Crippen LogP contribution in [-0.2, 0) is 6.42 Å². The summed E-state index contributed by atoms with van der Waals surface area (Å²) < 4.78 is 0. The fourth-order valence-electron chi connectivity index (χ4n) is 2.46. The topological polar surface area (TPSA) is 29.1 Å². The molecule has 2 heteroatoms. The van der Waals surface area contributed by atoms with Crippen molar-refractivity contribution in [1.29, 1.82) is 0 Å². The smallest absolute Gasteiger partial charge is 0.180 e. The Balaban J connectivity index is 2.33. The number of likely N-dealkylation sites (N-methyl/N-ethyl adjacent to an activating group) is 1. The highest BCUT2D eigenvalue weighted by Gasteiger charge is 2.26. The fraction of sp³-hybridized carbons (Fsp3) is 0.533. The van der Waals surface area contributed by atoms with E-state index in [1.165, 1.54) is 11.1 Å². The highest BCUT2D eigenvalue weighted by atomic mass is 16.1. The van der Waals surface area contributed by atoms with E-state index in [1.807, 2.05) is 6.92 Å². The molecule has 0 radical (unpaired) electrons. The van der Waals surface area contributed by atoms with Crippen LogP contribution in [0.15, 0.2) is 18.2 Å². The van der Waals surface area contributed by atoms with Gasteiger partial charge in [0, 0.05) is 5.56 Å². The van der Waals surface area contributed by atoms with Crippen LogP contribution in [0.4, 0.5) is 0 Å². The zero-order valence-corrected chi connectivity index (χ0v) is 10.9. The lowest BCUT2D eigenvalue weighted by Gasteiger charge is -2.24. The largest absolute Gasteiger partial charge is 0.307 e. The molecule has 1 aromatic rings. The second kappa shape index (κ2) is 5.01. The third kappa shape index (κ3) is 2.42. The molecule has 0 aliphatic heterocycles. The van der Waals surface area contributed by atoms with Crippen molar-refractivity contribution in [2.75, 3.05) is 6.54 Å². The molecule has 1 atom stereocenters. The van der Waals surface area contributed by atoms with E-state index in [4.69, 9.17) is 0 Å². The molecule has 0 saturated carbocycles. The second-order valence-corrected chi connectivity index (χ2v) is 5.08. The van der Waals surface area contributed by atoms with Crippen molar-refractivity contribution in [2.45, 2.75) is 45.6 Å². The second-order valence-electron chi connectivity index (χ2n) is 5.08. The fourth-order valence-corrected chi connectivity index (χ4v) is 2.46. The first-order valence-corrected chi connectivity index (χ1v) is 6.54. The summed E-state index contributed by atoms with van der Waals surface area (Å²) in [5.41, 5.74) is 3.41. The van der Waals surface area contributed by atoms with E-state index in [2.05, 4.69) is 37.4 Å². The third-order valence-corrected chi connectivity index (χ3v) is 3.54. The molecule has 1 aliphatic carbocycles. The molecular formula is C15H21NO. The predicted octanol–water partition coefficient (Wildman–Crippen LogP) is 2.92. The first-order chi connectivity index (χ1) is 8.13. The van der Waals surface area contributed by atoms with E-state index in [0.29, 0.717) is 5.92 Å². The van der Waals surface area contributed by atoms with E-state index in [9.17, 15) is 4.79 Å². The van der Waals surface area contributed by atoms with Gasteiger partial charge in [-0.1, -0.05) is 32.9 Å². The standard InChI is InChI=1S/C15H21NO/c1-4-16-14-8-7-11-5-6-12(10(2)3)9-13(11)15(14)17/h5-6,9-10,14,16H,4,7-8H2,1-3H3. The average Bonchev–Trinajstić information content (AvgIpc) is 2.32. The summed E-state index contributed by atoms with van der Waals surface area (Å²) in [6, 6.07) is 6.40. The summed E-state index contributed by atoms with van der Waals surface area (Å²) in [7, 11) is 0. The highest BCUT2D eigenvalue weighted by Crippen LogP contribution is 2.25. The number of carbonyl (C=O) groups excluding carboxylic acids is 1. The van der Waals surface area contributed by atoms with Gasteiger partial charge in [0.25, 0.3) is 0 Å². The number of ketones is 1. The number of Topliss-reactive ketones (excluding diaryl/α,β-unsaturated/α-hetero) is 1. The van der Waals surface area contributed by atoms with Crippen molar-refractivity contribution in [3.8, 4) is 0 Å². The minimum Gasteiger partial charge on any atom is -0.307 e. The first-order valence-electron chi connectivity index (χ1n) is 6.54. The van der Waals surface area contributed by atoms with Gasteiger partial charge in [0.1, 0.15) is 0 Å². The summed E-state index contributed by atoms with van der Waals surface area (Å²) in [6.45, 7) is 7.23. The number of carbonyl (C=O) groups is 1. The van der Waals surface area contributed by atoms with Gasteiger partial charge in [0.05, 0.1) is 6.04 Å². The summed E-state index contributed by atoms with van der Waals surface area (Å²) in [6.07, 6.45) is 1.94. The normalized spacial score (nSPS) is 19.5. The zero-order valence-electron chi connectivity index (χ0n) is 10.9. The molecule has 0 bridgehead atoms. The van der Waals surface area contributed by atoms with Gasteiger partial charge in [-0.25, -0.2) is 0 Å². The molecule has 1 N–H and O–H groups in total. The highest BCUT2D eigenvalue weighted by molar-refractivity contribution is 6.02. The van der Waals surface area contributed by atoms with Crippen LogP contribution in [0, 0.1) is 0 Å². The molecule has 1 aromatic carbocycles. The maximum absolute atomic E-state index is 12.3. The molecular weight excluding hydrogens is 210 g/mol. The van der Waals surface area contributed by atoms with E-state index in [0.717, 1.165) is 24.9 Å². The first kappa shape index (κ1) is 12.3. The van der Waals surface area contributed by atoms with Crippen molar-refractivity contribution in [3.05, 3.63) is 34.9 Å². The molecule has 1 aliphatic rings. The van der Waals surface area contributed by atoms with Gasteiger partial charge >= 0.3 is 0 Å². The maximum Gasteiger partial charge on any atom is 0.180 e. The van der Waals surface area contributed by atoms with Gasteiger partial charge in [-0.05, 0) is 42.5 Å². The van der Waals surface area contributed by atoms with Gasteiger partial charge in [-0.15, -0.1) is 0 Å². The van der Waals surface area contributed by atoms with Gasteiger partial charge in [-0.3, -0.25) is 4.79 Å². The van der Waals surface area contributed by atoms with Crippen molar-refractivity contribution < 1.29 is 4.79 Å². The van der Waals surface area contributed by atoms with E-state index in [1.54, 1.807) is 0 Å². The Morgan fingerprint density at radius 2 is 2.18 bits per heavy atom. The van der Waals surface area contributed by atoms with Gasteiger partial charge in [-0.2, -0.15) is 0 Å². The van der Waals surface area contributed by atoms with Crippen molar-refractivity contribution in [1.82, 2.24) is 5.32 Å². The van der Waals surface area contributed by atoms with Gasteiger partial charge in [0.15, 0.2) is 5.78 Å². The summed E-state index contributed by atoms with van der Waals surface area (Å²) >= 11 is 0. The number of fused-ring (bicyclic) bond motifs is 1. The summed E-state index contributed by atoms with van der Waals surface area (Å²) in [4.78, 5) is 12.3. The van der Waals surface area contributed by atoms with E-state index >= 15 is 0 Å². The van der Waals surface area contributed by atoms with Crippen LogP contribution in [0.1, 0.15) is 54.6 Å². The Labute approximate surface area is 103 Å². The lowest BCUT2D eigenvalue weighted by atomic mass is 9.85. The zero-order chi connectivity index (χ0) is 12.4. The number of hydrogen-bond donors (Lipinski definition) is 1. The average molecular weight is 231 g/mol. The van der Waals surface area contributed by atoms with Crippen LogP contribution in [-0.4, -0.2) is 18.4 Å². The van der Waals surface area contributed by atoms with Crippen LogP contribution in [0.5, 0.6) is 0 Å². The molecule has 17 heavy (non-hydrogen) atoms. The molecule has 2 nitrogen and oxygen atoms in total. The van der Waals surface area contributed by atoms with Crippen molar-refractivity contribution in [3.63, 3.8) is 0 Å². The Hall–Kier alpha value is -1.15. The quantitative estimate of drug-likeness (QED) is 0.866. The van der Waals surface area contributed by atoms with Crippen LogP contribution in [0.25, 0.3) is 0 Å². The Bertz CT molecular complexity index is 423.